The molecule has 0 amide bonds. The third-order valence-electron chi connectivity index (χ3n) is 3.91. The topological polar surface area (TPSA) is 85.6 Å². The molecule has 1 aromatic heterocycles. The first kappa shape index (κ1) is 18.9. The predicted octanol–water partition coefficient (Wildman–Crippen LogP) is 3.01. The third kappa shape index (κ3) is 4.84. The Balaban J connectivity index is 1.66. The number of rotatable bonds is 7. The molecule has 0 unspecified atom stereocenters. The summed E-state index contributed by atoms with van der Waals surface area (Å²) < 4.78 is 38.0. The van der Waals surface area contributed by atoms with Crippen molar-refractivity contribution >= 4 is 10.0 Å². The van der Waals surface area contributed by atoms with Gasteiger partial charge in [0.1, 0.15) is 18.6 Å². The summed E-state index contributed by atoms with van der Waals surface area (Å²) in [5.74, 6) is 0.272. The van der Waals surface area contributed by atoms with Gasteiger partial charge in [-0.05, 0) is 24.1 Å². The van der Waals surface area contributed by atoms with Crippen molar-refractivity contribution in [1.82, 2.24) is 4.72 Å². The molecule has 140 valence electrons. The maximum Gasteiger partial charge on any atom is 0.241 e. The van der Waals surface area contributed by atoms with Crippen LogP contribution in [0, 0.1) is 6.92 Å². The third-order valence-corrected chi connectivity index (χ3v) is 5.47. The molecule has 6 nitrogen and oxygen atoms in total. The van der Waals surface area contributed by atoms with Gasteiger partial charge in [0.15, 0.2) is 0 Å². The van der Waals surface area contributed by atoms with Crippen LogP contribution in [-0.4, -0.2) is 8.42 Å². The number of aryl methyl sites for hydroxylation is 1. The molecule has 0 saturated heterocycles. The van der Waals surface area contributed by atoms with Gasteiger partial charge in [-0.15, -0.1) is 0 Å². The Bertz CT molecular complexity index is 1070. The Kier molecular flexibility index (Phi) is 5.73. The van der Waals surface area contributed by atoms with Gasteiger partial charge in [-0.3, -0.25) is 4.79 Å². The molecule has 0 atom stereocenters. The number of sulfonamides is 1. The molecule has 0 spiro atoms. The van der Waals surface area contributed by atoms with Crippen LogP contribution < -0.4 is 14.9 Å². The van der Waals surface area contributed by atoms with E-state index >= 15 is 0 Å². The highest BCUT2D eigenvalue weighted by Gasteiger charge is 2.16. The van der Waals surface area contributed by atoms with Gasteiger partial charge in [0, 0.05) is 6.07 Å². The average molecular weight is 385 g/mol. The summed E-state index contributed by atoms with van der Waals surface area (Å²) in [6.07, 6.45) is 1.20. The minimum absolute atomic E-state index is 0.0735. The first-order valence-electron chi connectivity index (χ1n) is 8.29. The van der Waals surface area contributed by atoms with E-state index in [0.717, 1.165) is 5.56 Å². The Morgan fingerprint density at radius 3 is 2.44 bits per heavy atom. The van der Waals surface area contributed by atoms with Crippen LogP contribution in [0.4, 0.5) is 0 Å². The van der Waals surface area contributed by atoms with Gasteiger partial charge in [0.25, 0.3) is 0 Å². The number of hydrogen-bond donors (Lipinski definition) is 1. The molecule has 1 N–H and O–H groups in total. The summed E-state index contributed by atoms with van der Waals surface area (Å²) in [5.41, 5.74) is 1.19. The van der Waals surface area contributed by atoms with Crippen LogP contribution in [0.25, 0.3) is 0 Å². The fourth-order valence-electron chi connectivity index (χ4n) is 2.47. The van der Waals surface area contributed by atoms with Crippen LogP contribution >= 0.6 is 0 Å². The highest BCUT2D eigenvalue weighted by Crippen LogP contribution is 2.15. The molecule has 7 heteroatoms. The van der Waals surface area contributed by atoms with Crippen molar-refractivity contribution in [2.75, 3.05) is 0 Å². The molecule has 0 radical (unpaired) electrons. The molecular formula is C20H19NO5S. The number of ether oxygens (including phenoxy) is 1. The fourth-order valence-corrected chi connectivity index (χ4v) is 3.71. The molecule has 0 bridgehead atoms. The molecule has 3 rings (SSSR count). The first-order chi connectivity index (χ1) is 13.0. The summed E-state index contributed by atoms with van der Waals surface area (Å²) in [6, 6.07) is 17.3. The molecule has 3 aromatic rings. The molecule has 0 saturated carbocycles. The molecule has 0 aliphatic carbocycles. The number of hydrogen-bond acceptors (Lipinski definition) is 5. The Morgan fingerprint density at radius 1 is 1.04 bits per heavy atom. The smallest absolute Gasteiger partial charge is 0.241 e. The minimum atomic E-state index is -3.70. The standard InChI is InChI=1S/C20H19NO5S/c1-15-7-5-6-10-20(15)27(23,24)21-12-17-11-18(22)19(14-25-17)26-13-16-8-3-2-4-9-16/h2-11,14,21H,12-13H2,1H3. The monoisotopic (exact) mass is 385 g/mol. The van der Waals surface area contributed by atoms with Crippen molar-refractivity contribution < 1.29 is 17.6 Å². The second kappa shape index (κ2) is 8.20. The van der Waals surface area contributed by atoms with E-state index < -0.39 is 10.0 Å². The molecule has 27 heavy (non-hydrogen) atoms. The Hall–Kier alpha value is -2.90. The zero-order chi connectivity index (χ0) is 19.3. The van der Waals surface area contributed by atoms with Crippen LogP contribution in [0.2, 0.25) is 0 Å². The zero-order valence-corrected chi connectivity index (χ0v) is 15.5. The summed E-state index contributed by atoms with van der Waals surface area (Å²) >= 11 is 0. The Labute approximate surface area is 157 Å². The van der Waals surface area contributed by atoms with Gasteiger partial charge in [0.05, 0.1) is 11.4 Å². The lowest BCUT2D eigenvalue weighted by atomic mass is 10.2. The minimum Gasteiger partial charge on any atom is -0.482 e. The van der Waals surface area contributed by atoms with Crippen molar-refractivity contribution in [3.8, 4) is 5.75 Å². The second-order valence-electron chi connectivity index (χ2n) is 5.94. The van der Waals surface area contributed by atoms with E-state index in [0.29, 0.717) is 5.56 Å². The van der Waals surface area contributed by atoms with E-state index in [1.54, 1.807) is 25.1 Å². The van der Waals surface area contributed by atoms with Gasteiger partial charge in [-0.25, -0.2) is 13.1 Å². The van der Waals surface area contributed by atoms with Crippen LogP contribution in [0.3, 0.4) is 0 Å². The zero-order valence-electron chi connectivity index (χ0n) is 14.7. The van der Waals surface area contributed by atoms with Crippen LogP contribution in [0.15, 0.2) is 81.0 Å². The lowest BCUT2D eigenvalue weighted by Crippen LogP contribution is -2.24. The van der Waals surface area contributed by atoms with Crippen molar-refractivity contribution in [1.29, 1.82) is 0 Å². The van der Waals surface area contributed by atoms with E-state index in [1.165, 1.54) is 18.4 Å². The lowest BCUT2D eigenvalue weighted by Gasteiger charge is -2.09. The van der Waals surface area contributed by atoms with Gasteiger partial charge < -0.3 is 9.15 Å². The molecule has 2 aromatic carbocycles. The van der Waals surface area contributed by atoms with Crippen molar-refractivity contribution in [2.24, 2.45) is 0 Å². The molecule has 1 heterocycles. The molecular weight excluding hydrogens is 366 g/mol. The lowest BCUT2D eigenvalue weighted by molar-refractivity contribution is 0.289. The van der Waals surface area contributed by atoms with Gasteiger partial charge in [0.2, 0.25) is 21.2 Å². The van der Waals surface area contributed by atoms with E-state index in [2.05, 4.69) is 4.72 Å². The number of benzene rings is 2. The van der Waals surface area contributed by atoms with Crippen molar-refractivity contribution in [3.05, 3.63) is 94.0 Å². The van der Waals surface area contributed by atoms with Crippen LogP contribution in [0.1, 0.15) is 16.9 Å². The number of nitrogens with one attached hydrogen (secondary N) is 1. The maximum atomic E-state index is 12.4. The van der Waals surface area contributed by atoms with Crippen LogP contribution in [-0.2, 0) is 23.2 Å². The van der Waals surface area contributed by atoms with Gasteiger partial charge in [-0.1, -0.05) is 48.5 Å². The Morgan fingerprint density at radius 2 is 1.74 bits per heavy atom. The van der Waals surface area contributed by atoms with E-state index in [4.69, 9.17) is 9.15 Å². The quantitative estimate of drug-likeness (QED) is 0.676. The van der Waals surface area contributed by atoms with Crippen molar-refractivity contribution in [3.63, 3.8) is 0 Å². The summed E-state index contributed by atoms with van der Waals surface area (Å²) in [4.78, 5) is 12.3. The van der Waals surface area contributed by atoms with Crippen molar-refractivity contribution in [2.45, 2.75) is 25.0 Å². The van der Waals surface area contributed by atoms with Gasteiger partial charge >= 0.3 is 0 Å². The van der Waals surface area contributed by atoms with E-state index in [-0.39, 0.29) is 35.0 Å². The normalized spacial score (nSPS) is 11.3. The molecule has 0 aliphatic heterocycles. The molecule has 0 fully saturated rings. The summed E-state index contributed by atoms with van der Waals surface area (Å²) in [7, 11) is -3.70. The second-order valence-corrected chi connectivity index (χ2v) is 7.67. The summed E-state index contributed by atoms with van der Waals surface area (Å²) in [5, 5.41) is 0. The van der Waals surface area contributed by atoms with E-state index in [9.17, 15) is 13.2 Å². The highest BCUT2D eigenvalue weighted by molar-refractivity contribution is 7.89. The first-order valence-corrected chi connectivity index (χ1v) is 9.78. The SMILES string of the molecule is Cc1ccccc1S(=O)(=O)NCc1cc(=O)c(OCc2ccccc2)co1. The maximum absolute atomic E-state index is 12.4. The van der Waals surface area contributed by atoms with E-state index in [1.807, 2.05) is 30.3 Å². The molecule has 0 aliphatic rings. The summed E-state index contributed by atoms with van der Waals surface area (Å²) in [6.45, 7) is 1.82. The predicted molar refractivity (Wildman–Crippen MR) is 101 cm³/mol. The average Bonchev–Trinajstić information content (AvgIpc) is 2.67. The fraction of sp³-hybridized carbons (Fsp3) is 0.150. The largest absolute Gasteiger partial charge is 0.482 e. The van der Waals surface area contributed by atoms with Crippen LogP contribution in [0.5, 0.6) is 5.75 Å². The highest BCUT2D eigenvalue weighted by atomic mass is 32.2. The van der Waals surface area contributed by atoms with Gasteiger partial charge in [-0.2, -0.15) is 0 Å².